The maximum atomic E-state index is 4.55. The average molecular weight is 263 g/mol. The molecular weight excluding hydrogens is 242 g/mol. The molecule has 0 atom stereocenters. The Morgan fingerprint density at radius 2 is 1.95 bits per heavy atom. The first kappa shape index (κ1) is 13.7. The van der Waals surface area contributed by atoms with E-state index in [0.29, 0.717) is 18.4 Å². The molecule has 0 unspecified atom stereocenters. The number of aryl methyl sites for hydroxylation is 2. The molecule has 2 rings (SSSR count). The van der Waals surface area contributed by atoms with Crippen LogP contribution in [0.15, 0.2) is 0 Å². The van der Waals surface area contributed by atoms with E-state index in [1.165, 1.54) is 10.4 Å². The van der Waals surface area contributed by atoms with E-state index in [0.717, 1.165) is 17.9 Å². The quantitative estimate of drug-likeness (QED) is 0.853. The van der Waals surface area contributed by atoms with Crippen molar-refractivity contribution < 1.29 is 0 Å². The number of tetrazole rings is 1. The third-order valence-electron chi connectivity index (χ3n) is 3.06. The van der Waals surface area contributed by atoms with Crippen molar-refractivity contribution in [2.75, 3.05) is 0 Å². The summed E-state index contributed by atoms with van der Waals surface area (Å²) in [5.41, 5.74) is 3.45. The SMILES string of the molecule is Cc1nn(Cc2nnn(C)n2)c(C)c1CNC(C)C. The number of aromatic nitrogens is 6. The fourth-order valence-corrected chi connectivity index (χ4v) is 1.97. The van der Waals surface area contributed by atoms with Crippen LogP contribution in [0.3, 0.4) is 0 Å². The van der Waals surface area contributed by atoms with Crippen molar-refractivity contribution in [3.8, 4) is 0 Å². The summed E-state index contributed by atoms with van der Waals surface area (Å²) in [6, 6.07) is 0.462. The smallest absolute Gasteiger partial charge is 0.196 e. The zero-order valence-corrected chi connectivity index (χ0v) is 12.2. The highest BCUT2D eigenvalue weighted by atomic mass is 15.6. The fourth-order valence-electron chi connectivity index (χ4n) is 1.97. The number of nitrogens with zero attached hydrogens (tertiary/aromatic N) is 6. The van der Waals surface area contributed by atoms with Crippen molar-refractivity contribution in [3.05, 3.63) is 22.8 Å². The molecular formula is C12H21N7. The van der Waals surface area contributed by atoms with Crippen LogP contribution >= 0.6 is 0 Å². The van der Waals surface area contributed by atoms with Crippen LogP contribution in [0, 0.1) is 13.8 Å². The summed E-state index contributed by atoms with van der Waals surface area (Å²) in [6.45, 7) is 9.78. The van der Waals surface area contributed by atoms with Gasteiger partial charge in [0.1, 0.15) is 6.54 Å². The lowest BCUT2D eigenvalue weighted by Crippen LogP contribution is -2.22. The normalized spacial score (nSPS) is 11.5. The van der Waals surface area contributed by atoms with Crippen molar-refractivity contribution in [1.29, 1.82) is 0 Å². The molecule has 0 fully saturated rings. The summed E-state index contributed by atoms with van der Waals surface area (Å²) < 4.78 is 1.93. The zero-order chi connectivity index (χ0) is 14.0. The molecule has 7 nitrogen and oxygen atoms in total. The van der Waals surface area contributed by atoms with Gasteiger partial charge in [0.25, 0.3) is 0 Å². The van der Waals surface area contributed by atoms with E-state index < -0.39 is 0 Å². The Kier molecular flexibility index (Phi) is 3.94. The van der Waals surface area contributed by atoms with Gasteiger partial charge in [0, 0.05) is 23.8 Å². The molecule has 0 spiro atoms. The summed E-state index contributed by atoms with van der Waals surface area (Å²) in [4.78, 5) is 1.46. The minimum Gasteiger partial charge on any atom is -0.310 e. The zero-order valence-electron chi connectivity index (χ0n) is 12.2. The van der Waals surface area contributed by atoms with Gasteiger partial charge in [-0.25, -0.2) is 0 Å². The molecule has 2 aromatic heterocycles. The first-order valence-electron chi connectivity index (χ1n) is 6.46. The largest absolute Gasteiger partial charge is 0.310 e. The maximum Gasteiger partial charge on any atom is 0.196 e. The van der Waals surface area contributed by atoms with Crippen molar-refractivity contribution in [2.24, 2.45) is 7.05 Å². The number of hydrogen-bond acceptors (Lipinski definition) is 5. The number of nitrogens with one attached hydrogen (secondary N) is 1. The van der Waals surface area contributed by atoms with E-state index in [1.807, 2.05) is 11.6 Å². The Bertz CT molecular complexity index is 552. The Morgan fingerprint density at radius 1 is 1.21 bits per heavy atom. The van der Waals surface area contributed by atoms with E-state index in [1.54, 1.807) is 7.05 Å². The van der Waals surface area contributed by atoms with E-state index in [4.69, 9.17) is 0 Å². The Morgan fingerprint density at radius 3 is 2.53 bits per heavy atom. The second-order valence-corrected chi connectivity index (χ2v) is 5.04. The van der Waals surface area contributed by atoms with Crippen LogP contribution in [0.25, 0.3) is 0 Å². The molecule has 0 aliphatic carbocycles. The van der Waals surface area contributed by atoms with Gasteiger partial charge in [0.15, 0.2) is 5.82 Å². The average Bonchev–Trinajstić information content (AvgIpc) is 2.83. The molecule has 104 valence electrons. The Hall–Kier alpha value is -1.76. The summed E-state index contributed by atoms with van der Waals surface area (Å²) in [6.07, 6.45) is 0. The molecule has 0 saturated carbocycles. The van der Waals surface area contributed by atoms with Gasteiger partial charge in [-0.3, -0.25) is 4.68 Å². The van der Waals surface area contributed by atoms with Gasteiger partial charge in [0.05, 0.1) is 12.7 Å². The van der Waals surface area contributed by atoms with E-state index >= 15 is 0 Å². The molecule has 7 heteroatoms. The first-order chi connectivity index (χ1) is 8.97. The van der Waals surface area contributed by atoms with Crippen molar-refractivity contribution in [1.82, 2.24) is 35.3 Å². The van der Waals surface area contributed by atoms with Gasteiger partial charge in [-0.05, 0) is 19.1 Å². The van der Waals surface area contributed by atoms with Crippen molar-refractivity contribution in [2.45, 2.75) is 46.8 Å². The van der Waals surface area contributed by atoms with Crippen LogP contribution in [0.1, 0.15) is 36.6 Å². The van der Waals surface area contributed by atoms with Crippen LogP contribution in [0.4, 0.5) is 0 Å². The minimum atomic E-state index is 0.462. The topological polar surface area (TPSA) is 73.5 Å². The molecule has 0 radical (unpaired) electrons. The molecule has 0 bridgehead atoms. The molecule has 0 aromatic carbocycles. The monoisotopic (exact) mass is 263 g/mol. The van der Waals surface area contributed by atoms with Crippen molar-refractivity contribution >= 4 is 0 Å². The van der Waals surface area contributed by atoms with Crippen LogP contribution in [0.5, 0.6) is 0 Å². The summed E-state index contributed by atoms with van der Waals surface area (Å²) >= 11 is 0. The molecule has 0 saturated heterocycles. The second-order valence-electron chi connectivity index (χ2n) is 5.04. The van der Waals surface area contributed by atoms with E-state index in [9.17, 15) is 0 Å². The molecule has 2 aromatic rings. The predicted molar refractivity (Wildman–Crippen MR) is 71.6 cm³/mol. The third-order valence-corrected chi connectivity index (χ3v) is 3.06. The molecule has 1 N–H and O–H groups in total. The molecule has 19 heavy (non-hydrogen) atoms. The Labute approximate surface area is 113 Å². The number of rotatable bonds is 5. The standard InChI is InChI=1S/C12H21N7/c1-8(2)13-6-11-9(3)15-19(10(11)4)7-12-14-17-18(5)16-12/h8,13H,6-7H2,1-5H3. The van der Waals surface area contributed by atoms with E-state index in [-0.39, 0.29) is 0 Å². The first-order valence-corrected chi connectivity index (χ1v) is 6.46. The Balaban J connectivity index is 2.16. The summed E-state index contributed by atoms with van der Waals surface area (Å²) in [5.74, 6) is 0.677. The lowest BCUT2D eigenvalue weighted by atomic mass is 10.2. The van der Waals surface area contributed by atoms with Gasteiger partial charge < -0.3 is 5.32 Å². The van der Waals surface area contributed by atoms with Gasteiger partial charge in [-0.15, -0.1) is 10.2 Å². The van der Waals surface area contributed by atoms with Crippen LogP contribution in [0.2, 0.25) is 0 Å². The van der Waals surface area contributed by atoms with Crippen molar-refractivity contribution in [3.63, 3.8) is 0 Å². The maximum absolute atomic E-state index is 4.55. The lowest BCUT2D eigenvalue weighted by molar-refractivity contribution is 0.583. The lowest BCUT2D eigenvalue weighted by Gasteiger charge is -2.08. The van der Waals surface area contributed by atoms with Crippen LogP contribution < -0.4 is 5.32 Å². The van der Waals surface area contributed by atoms with Gasteiger partial charge in [-0.1, -0.05) is 13.8 Å². The number of hydrogen-bond donors (Lipinski definition) is 1. The third kappa shape index (κ3) is 3.17. The molecule has 0 amide bonds. The van der Waals surface area contributed by atoms with Crippen LogP contribution in [-0.4, -0.2) is 36.0 Å². The summed E-state index contributed by atoms with van der Waals surface area (Å²) in [7, 11) is 1.76. The van der Waals surface area contributed by atoms with Crippen LogP contribution in [-0.2, 0) is 20.1 Å². The molecule has 0 aliphatic rings. The molecule has 0 aliphatic heterocycles. The van der Waals surface area contributed by atoms with Gasteiger partial charge >= 0.3 is 0 Å². The molecule has 2 heterocycles. The predicted octanol–water partition coefficient (Wildman–Crippen LogP) is 0.570. The highest BCUT2D eigenvalue weighted by Crippen LogP contribution is 2.13. The highest BCUT2D eigenvalue weighted by molar-refractivity contribution is 5.24. The second kappa shape index (κ2) is 5.48. The minimum absolute atomic E-state index is 0.462. The van der Waals surface area contributed by atoms with Gasteiger partial charge in [-0.2, -0.15) is 9.90 Å². The van der Waals surface area contributed by atoms with E-state index in [2.05, 4.69) is 46.6 Å². The fraction of sp³-hybridized carbons (Fsp3) is 0.667. The van der Waals surface area contributed by atoms with Gasteiger partial charge in [0.2, 0.25) is 0 Å². The summed E-state index contributed by atoms with van der Waals surface area (Å²) in [5, 5.41) is 20.0. The highest BCUT2D eigenvalue weighted by Gasteiger charge is 2.13.